The van der Waals surface area contributed by atoms with Crippen molar-refractivity contribution in [1.82, 2.24) is 15.7 Å². The van der Waals surface area contributed by atoms with Crippen LogP contribution < -0.4 is 15.7 Å². The third kappa shape index (κ3) is 4.18. The van der Waals surface area contributed by atoms with E-state index in [0.717, 1.165) is 32.5 Å². The molecule has 0 bridgehead atoms. The van der Waals surface area contributed by atoms with Crippen LogP contribution in [0.2, 0.25) is 0 Å². The molecule has 1 aliphatic carbocycles. The first-order valence-corrected chi connectivity index (χ1v) is 11.0. The van der Waals surface area contributed by atoms with Crippen molar-refractivity contribution in [1.29, 1.82) is 0 Å². The fraction of sp³-hybridized carbons (Fsp3) is 0.652. The van der Waals surface area contributed by atoms with Crippen molar-refractivity contribution in [3.8, 4) is 0 Å². The zero-order valence-corrected chi connectivity index (χ0v) is 18.3. The summed E-state index contributed by atoms with van der Waals surface area (Å²) in [6.45, 7) is 10.2. The highest BCUT2D eigenvalue weighted by atomic mass is 16.5. The minimum Gasteiger partial charge on any atom is -0.368 e. The predicted octanol–water partition coefficient (Wildman–Crippen LogP) is 1.90. The molecular weight excluding hydrogens is 380 g/mol. The van der Waals surface area contributed by atoms with E-state index >= 15 is 0 Å². The summed E-state index contributed by atoms with van der Waals surface area (Å²) in [5.74, 6) is -0.993. The van der Waals surface area contributed by atoms with Crippen molar-refractivity contribution < 1.29 is 14.8 Å². The van der Waals surface area contributed by atoms with Crippen molar-refractivity contribution >= 4 is 17.5 Å². The Morgan fingerprint density at radius 1 is 1.10 bits per heavy atom. The highest BCUT2D eigenvalue weighted by molar-refractivity contribution is 5.90. The monoisotopic (exact) mass is 414 g/mol. The number of benzene rings is 1. The van der Waals surface area contributed by atoms with Gasteiger partial charge in [0, 0.05) is 38.4 Å². The van der Waals surface area contributed by atoms with E-state index in [1.54, 1.807) is 5.48 Å². The first-order valence-electron chi connectivity index (χ1n) is 11.0. The maximum atomic E-state index is 13.2. The molecule has 1 aromatic carbocycles. The van der Waals surface area contributed by atoms with Crippen LogP contribution in [0.1, 0.15) is 45.6 Å². The fourth-order valence-electron chi connectivity index (χ4n) is 4.82. The lowest BCUT2D eigenvalue weighted by Crippen LogP contribution is -2.61. The summed E-state index contributed by atoms with van der Waals surface area (Å²) in [5.41, 5.74) is 4.54. The van der Waals surface area contributed by atoms with Gasteiger partial charge in [-0.3, -0.25) is 14.8 Å². The minimum absolute atomic E-state index is 0.0261. The molecule has 30 heavy (non-hydrogen) atoms. The molecule has 2 saturated heterocycles. The van der Waals surface area contributed by atoms with Crippen molar-refractivity contribution in [2.75, 3.05) is 37.6 Å². The number of hydroxylamine groups is 1. The second-order valence-corrected chi connectivity index (χ2v) is 10.3. The number of piperazine rings is 1. The first-order chi connectivity index (χ1) is 14.2. The van der Waals surface area contributed by atoms with Gasteiger partial charge in [-0.05, 0) is 47.8 Å². The summed E-state index contributed by atoms with van der Waals surface area (Å²) in [6.07, 6.45) is 2.84. The smallest absolute Gasteiger partial charge is 0.248 e. The molecule has 2 atom stereocenters. The Morgan fingerprint density at radius 2 is 1.73 bits per heavy atom. The average molecular weight is 415 g/mol. The lowest BCUT2D eigenvalue weighted by atomic mass is 9.81. The average Bonchev–Trinajstić information content (AvgIpc) is 3.50. The second kappa shape index (κ2) is 7.85. The Kier molecular flexibility index (Phi) is 5.53. The molecule has 3 aliphatic rings. The van der Waals surface area contributed by atoms with E-state index in [1.807, 2.05) is 4.90 Å². The van der Waals surface area contributed by atoms with E-state index < -0.39 is 17.9 Å². The van der Waals surface area contributed by atoms with E-state index in [-0.39, 0.29) is 16.7 Å². The van der Waals surface area contributed by atoms with E-state index in [4.69, 9.17) is 5.21 Å². The Bertz CT molecular complexity index is 790. The molecule has 1 spiro atoms. The maximum absolute atomic E-state index is 13.2. The van der Waals surface area contributed by atoms with Gasteiger partial charge in [0.05, 0.1) is 12.0 Å². The summed E-state index contributed by atoms with van der Waals surface area (Å²) in [4.78, 5) is 29.6. The normalized spacial score (nSPS) is 25.9. The van der Waals surface area contributed by atoms with E-state index in [9.17, 15) is 9.59 Å². The highest BCUT2D eigenvalue weighted by Crippen LogP contribution is 2.52. The number of carbonyl (C=O) groups is 2. The van der Waals surface area contributed by atoms with Crippen molar-refractivity contribution in [2.24, 2.45) is 11.3 Å². The number of nitrogens with one attached hydrogen (secondary N) is 2. The SMILES string of the molecule is CC(C)(C)c1ccc(N2CCN(C(=O)C3NCC4(CC4)CC3C(=O)NO)CC2)cc1. The van der Waals surface area contributed by atoms with Gasteiger partial charge in [0.25, 0.3) is 0 Å². The summed E-state index contributed by atoms with van der Waals surface area (Å²) in [5, 5.41) is 12.5. The van der Waals surface area contributed by atoms with Crippen LogP contribution in [0.3, 0.4) is 0 Å². The van der Waals surface area contributed by atoms with Gasteiger partial charge in [-0.15, -0.1) is 0 Å². The Hall–Kier alpha value is -2.12. The maximum Gasteiger partial charge on any atom is 0.248 e. The number of nitrogens with zero attached hydrogens (tertiary/aromatic N) is 2. The standard InChI is InChI=1S/C23H34N4O3/c1-22(2,3)16-4-6-17(7-5-16)26-10-12-27(13-11-26)21(29)19-18(20(28)25-30)14-23(8-9-23)15-24-19/h4-7,18-19,24,30H,8-15H2,1-3H3,(H,25,28). The second-order valence-electron chi connectivity index (χ2n) is 10.3. The number of anilines is 1. The van der Waals surface area contributed by atoms with Crippen molar-refractivity contribution in [3.05, 3.63) is 29.8 Å². The number of piperidine rings is 1. The third-order valence-electron chi connectivity index (χ3n) is 7.11. The molecule has 0 aromatic heterocycles. The van der Waals surface area contributed by atoms with E-state index in [0.29, 0.717) is 19.5 Å². The zero-order chi connectivity index (χ0) is 21.5. The highest BCUT2D eigenvalue weighted by Gasteiger charge is 2.52. The Labute approximate surface area is 178 Å². The summed E-state index contributed by atoms with van der Waals surface area (Å²) < 4.78 is 0. The number of hydrogen-bond donors (Lipinski definition) is 3. The van der Waals surface area contributed by atoms with E-state index in [1.165, 1.54) is 11.3 Å². The molecule has 4 rings (SSSR count). The van der Waals surface area contributed by atoms with Crippen LogP contribution in [0.5, 0.6) is 0 Å². The molecule has 1 saturated carbocycles. The quantitative estimate of drug-likeness (QED) is 0.520. The largest absolute Gasteiger partial charge is 0.368 e. The summed E-state index contributed by atoms with van der Waals surface area (Å²) in [7, 11) is 0. The van der Waals surface area contributed by atoms with Crippen LogP contribution >= 0.6 is 0 Å². The molecule has 2 amide bonds. The van der Waals surface area contributed by atoms with Crippen molar-refractivity contribution in [3.63, 3.8) is 0 Å². The molecule has 0 radical (unpaired) electrons. The topological polar surface area (TPSA) is 84.9 Å². The van der Waals surface area contributed by atoms with Gasteiger partial charge in [-0.2, -0.15) is 0 Å². The molecule has 164 valence electrons. The molecule has 2 heterocycles. The molecule has 2 aliphatic heterocycles. The van der Waals surface area contributed by atoms with Crippen LogP contribution in [0, 0.1) is 11.3 Å². The van der Waals surface area contributed by atoms with Gasteiger partial charge in [-0.1, -0.05) is 32.9 Å². The number of hydrogen-bond acceptors (Lipinski definition) is 5. The minimum atomic E-state index is -0.555. The van der Waals surface area contributed by atoms with E-state index in [2.05, 4.69) is 55.3 Å². The summed E-state index contributed by atoms with van der Waals surface area (Å²) in [6, 6.07) is 8.14. The molecule has 7 nitrogen and oxygen atoms in total. The van der Waals surface area contributed by atoms with Crippen LogP contribution in [0.4, 0.5) is 5.69 Å². The lowest BCUT2D eigenvalue weighted by molar-refractivity contribution is -0.145. The lowest BCUT2D eigenvalue weighted by Gasteiger charge is -2.41. The molecule has 7 heteroatoms. The number of carbonyl (C=O) groups excluding carboxylic acids is 2. The zero-order valence-electron chi connectivity index (χ0n) is 18.3. The van der Waals surface area contributed by atoms with Crippen LogP contribution in [-0.4, -0.2) is 60.7 Å². The van der Waals surface area contributed by atoms with Crippen LogP contribution in [0.15, 0.2) is 24.3 Å². The fourth-order valence-corrected chi connectivity index (χ4v) is 4.82. The summed E-state index contributed by atoms with van der Waals surface area (Å²) >= 11 is 0. The molecule has 1 aromatic rings. The molecular formula is C23H34N4O3. The number of rotatable bonds is 3. The third-order valence-corrected chi connectivity index (χ3v) is 7.11. The molecule has 3 fully saturated rings. The van der Waals surface area contributed by atoms with Gasteiger partial charge in [0.2, 0.25) is 11.8 Å². The van der Waals surface area contributed by atoms with Crippen LogP contribution in [-0.2, 0) is 15.0 Å². The number of amides is 2. The first kappa shape index (κ1) is 21.1. The van der Waals surface area contributed by atoms with Gasteiger partial charge in [0.1, 0.15) is 0 Å². The Balaban J connectivity index is 1.37. The van der Waals surface area contributed by atoms with Crippen LogP contribution in [0.25, 0.3) is 0 Å². The molecule has 3 N–H and O–H groups in total. The van der Waals surface area contributed by atoms with Gasteiger partial charge < -0.3 is 15.1 Å². The predicted molar refractivity (Wildman–Crippen MR) is 115 cm³/mol. The van der Waals surface area contributed by atoms with Gasteiger partial charge >= 0.3 is 0 Å². The molecule has 2 unspecified atom stereocenters. The Morgan fingerprint density at radius 3 is 2.27 bits per heavy atom. The van der Waals surface area contributed by atoms with Crippen molar-refractivity contribution in [2.45, 2.75) is 51.5 Å². The van der Waals surface area contributed by atoms with Gasteiger partial charge in [-0.25, -0.2) is 5.48 Å². The van der Waals surface area contributed by atoms with Gasteiger partial charge in [0.15, 0.2) is 0 Å².